The molecule has 0 aromatic rings. The van der Waals surface area contributed by atoms with Crippen LogP contribution in [-0.2, 0) is 36.5 Å². The van der Waals surface area contributed by atoms with E-state index in [9.17, 15) is 115 Å². The van der Waals surface area contributed by atoms with Crippen LogP contribution in [-0.4, -0.2) is 145 Å². The zero-order valence-electron chi connectivity index (χ0n) is 44.8. The van der Waals surface area contributed by atoms with Crippen LogP contribution >= 0.6 is 60.8 Å². The summed E-state index contributed by atoms with van der Waals surface area (Å²) in [5, 5.41) is 0. The van der Waals surface area contributed by atoms with Crippen LogP contribution < -0.4 is 344 Å². The molecule has 0 rings (SSSR count). The summed E-state index contributed by atoms with van der Waals surface area (Å²) in [6.07, 6.45) is -11.6. The van der Waals surface area contributed by atoms with Crippen LogP contribution in [0.25, 0.3) is 0 Å². The molecule has 0 amide bonds. The van der Waals surface area contributed by atoms with Crippen LogP contribution in [0.2, 0.25) is 0 Å². The second-order valence-corrected chi connectivity index (χ2v) is 24.3. The van der Waals surface area contributed by atoms with Crippen molar-refractivity contribution >= 4 is 60.8 Å². The van der Waals surface area contributed by atoms with Crippen LogP contribution in [0.5, 0.6) is 0 Å². The van der Waals surface area contributed by atoms with Gasteiger partial charge in [0, 0.05) is 116 Å². The Bertz CT molecular complexity index is 1500. The molecule has 0 aliphatic carbocycles. The topological polar surface area (TPSA) is 525 Å². The maximum absolute atomic E-state index is 11.6. The molecule has 338 valence electrons. The molecule has 0 aliphatic heterocycles. The van der Waals surface area contributed by atoms with E-state index in [4.69, 9.17) is 0 Å². The Morgan fingerprint density at radius 2 is 0.277 bits per heavy atom. The monoisotopic (exact) mass is 1180 g/mol. The molecule has 0 aliphatic rings. The Balaban J connectivity index is -0.000000126. The van der Waals surface area contributed by atoms with Crippen LogP contribution in [0.15, 0.2) is 0 Å². The van der Waals surface area contributed by atoms with Crippen molar-refractivity contribution in [2.45, 2.75) is 0 Å². The van der Waals surface area contributed by atoms with E-state index in [1.54, 1.807) is 0 Å². The molecule has 0 saturated heterocycles. The van der Waals surface area contributed by atoms with E-state index in [1.807, 2.05) is 0 Å². The third kappa shape index (κ3) is 68.2. The van der Waals surface area contributed by atoms with Gasteiger partial charge in [-0.2, -0.15) is 0 Å². The molecule has 0 spiro atoms. The van der Waals surface area contributed by atoms with Crippen molar-refractivity contribution in [1.82, 2.24) is 29.4 Å². The Kier molecular flexibility index (Phi) is 66.7. The molecule has 65 heavy (non-hydrogen) atoms. The van der Waals surface area contributed by atoms with Crippen molar-refractivity contribution in [2.24, 2.45) is 0 Å². The van der Waals surface area contributed by atoms with E-state index in [0.717, 1.165) is 9.80 Å². The summed E-state index contributed by atoms with van der Waals surface area (Å²) in [5.41, 5.74) is 0. The zero-order chi connectivity index (χ0) is 44.2. The molecule has 47 heteroatoms. The molecular weight excluding hydrogens is 1140 g/mol. The first kappa shape index (κ1) is 97.2. The van der Waals surface area contributed by atoms with Gasteiger partial charge in [0.2, 0.25) is 0 Å². The predicted molar refractivity (Wildman–Crippen MR) is 167 cm³/mol. The van der Waals surface area contributed by atoms with Crippen LogP contribution in [0.4, 0.5) is 0 Å². The van der Waals surface area contributed by atoms with Crippen molar-refractivity contribution < 1.29 is 391 Å². The summed E-state index contributed by atoms with van der Waals surface area (Å²) >= 11 is 0. The van der Waals surface area contributed by atoms with Gasteiger partial charge in [-0.05, 0) is 0 Å². The Hall–Kier alpha value is 9.96. The number of hydrogen-bond donors (Lipinski definition) is 0. The van der Waals surface area contributed by atoms with Gasteiger partial charge in [-0.3, -0.25) is 29.4 Å². The SMILES string of the molecule is O=P([O-])([O-])CN(CCN(CCN(CCN(CP(=O)([O-])[O-])CP(=O)([O-])[O-])CP(=O)([O-])[O-])CP(=O)([O-])[O-])CCN(CCN(CP(=O)([O-])[O-])CP(=O)([O-])[O-])CP(=O)([O-])[O-].[H+].[H+].[H+].[H+].[H+].[H+].[H+].[Na+].[Na+].[Na+].[Na+].[Na+].[Na+].[Na+].[Na+].[Na+]. The van der Waals surface area contributed by atoms with Gasteiger partial charge in [0.25, 0.3) is 0 Å². The van der Waals surface area contributed by atoms with Gasteiger partial charge in [-0.1, -0.05) is 60.8 Å². The minimum atomic E-state index is -5.52. The first-order valence-corrected chi connectivity index (χ1v) is 28.9. The van der Waals surface area contributed by atoms with Gasteiger partial charge >= 0.3 is 276 Å². The van der Waals surface area contributed by atoms with Crippen molar-refractivity contribution in [2.75, 3.05) is 116 Å². The second kappa shape index (κ2) is 44.6. The standard InChI is InChI=1S/C18H52N6O24P8.9Na/c25-49(26,27)11-19(3-5-21(13-51(31,32)33)7-9-23(15-53(37,38)39)16-54(40,41)42)1-2-20(12-50(28,29)30)4-6-22(14-52(34,35)36)8-10-24(17-55(43,44)45)18-56(46,47)48;;;;;;;;;/h1-18H2,(H2,25,26,27)(H2,28,29,30)(H2,31,32,33)(H2,34,35,36)(H2,37,38,39)(H2,40,41,42)(H2,43,44,45)(H2,46,47,48);;;;;;;;;/q;9*+1/p-9. The Morgan fingerprint density at radius 1 is 0.200 bits per heavy atom. The summed E-state index contributed by atoms with van der Waals surface area (Å²) in [6, 6.07) is 0. The molecule has 0 aromatic heterocycles. The summed E-state index contributed by atoms with van der Waals surface area (Å²) in [6.45, 7) is -7.35. The van der Waals surface area contributed by atoms with Gasteiger partial charge < -0.3 is 115 Å². The van der Waals surface area contributed by atoms with Gasteiger partial charge in [0.05, 0.1) is 0 Å². The van der Waals surface area contributed by atoms with Gasteiger partial charge in [0.15, 0.2) is 0 Å². The van der Waals surface area contributed by atoms with Crippen LogP contribution in [0.3, 0.4) is 0 Å². The number of hydrogen-bond acceptors (Lipinski definition) is 30. The predicted octanol–water partition coefficient (Wildman–Crippen LogP) is -40.4. The quantitative estimate of drug-likeness (QED) is 0.0459. The zero-order valence-corrected chi connectivity index (χ0v) is 62.9. The van der Waals surface area contributed by atoms with Gasteiger partial charge in [-0.15, -0.1) is 0 Å². The van der Waals surface area contributed by atoms with Crippen LogP contribution in [0.1, 0.15) is 9.99 Å². The molecule has 0 N–H and O–H groups in total. The molecule has 0 heterocycles. The summed E-state index contributed by atoms with van der Waals surface area (Å²) in [7, 11) is -44.1. The molecular formula is C18H43N6Na9O24P8. The van der Waals surface area contributed by atoms with E-state index in [1.165, 1.54) is 0 Å². The van der Waals surface area contributed by atoms with E-state index >= 15 is 0 Å². The van der Waals surface area contributed by atoms with Crippen molar-refractivity contribution in [3.63, 3.8) is 0 Å². The minimum absolute atomic E-state index is 0. The summed E-state index contributed by atoms with van der Waals surface area (Å²) < 4.78 is 91.0. The van der Waals surface area contributed by atoms with Crippen molar-refractivity contribution in [3.8, 4) is 0 Å². The maximum atomic E-state index is 11.6. The van der Waals surface area contributed by atoms with Crippen LogP contribution in [0, 0.1) is 0 Å². The average molecular weight is 1180 g/mol. The summed E-state index contributed by atoms with van der Waals surface area (Å²) in [4.78, 5) is 185. The molecule has 0 atom stereocenters. The molecule has 0 fully saturated rings. The Labute approximate surface area is 586 Å². The maximum Gasteiger partial charge on any atom is 1.00 e. The number of nitrogens with zero attached hydrogens (tertiary/aromatic N) is 6. The van der Waals surface area contributed by atoms with E-state index in [-0.39, 0.29) is 276 Å². The third-order valence-corrected chi connectivity index (χ3v) is 12.6. The van der Waals surface area contributed by atoms with E-state index < -0.39 is 177 Å². The van der Waals surface area contributed by atoms with Gasteiger partial charge in [-0.25, -0.2) is 0 Å². The second-order valence-electron chi connectivity index (χ2n) is 12.3. The first-order chi connectivity index (χ1) is 24.7. The van der Waals surface area contributed by atoms with Gasteiger partial charge in [0.1, 0.15) is 0 Å². The third-order valence-electron chi connectivity index (χ3n) is 6.65. The molecule has 0 saturated carbocycles. The van der Waals surface area contributed by atoms with E-state index in [2.05, 4.69) is 0 Å². The molecule has 0 aromatic carbocycles. The van der Waals surface area contributed by atoms with Crippen molar-refractivity contribution in [1.29, 1.82) is 0 Å². The fourth-order valence-corrected chi connectivity index (χ4v) is 11.1. The molecule has 30 nitrogen and oxygen atoms in total. The largest absolute Gasteiger partial charge is 1.00 e. The molecule has 0 unspecified atom stereocenters. The molecule has 0 radical (unpaired) electrons. The Morgan fingerprint density at radius 3 is 0.369 bits per heavy atom. The normalized spacial score (nSPS) is 12.7. The summed E-state index contributed by atoms with van der Waals surface area (Å²) in [5.74, 6) is 0. The smallest absolute Gasteiger partial charge is 0.810 e. The average Bonchev–Trinajstić information content (AvgIpc) is 2.87. The van der Waals surface area contributed by atoms with Crippen molar-refractivity contribution in [3.05, 3.63) is 0 Å². The number of rotatable bonds is 31. The minimum Gasteiger partial charge on any atom is -0.810 e. The molecule has 0 bridgehead atoms. The van der Waals surface area contributed by atoms with E-state index in [0.29, 0.717) is 19.6 Å². The fourth-order valence-electron chi connectivity index (χ4n) is 4.76. The first-order valence-electron chi connectivity index (χ1n) is 15.1. The fraction of sp³-hybridized carbons (Fsp3) is 1.00.